The number of H-pyrrole nitrogens is 1. The van der Waals surface area contributed by atoms with E-state index in [2.05, 4.69) is 10.3 Å². The lowest BCUT2D eigenvalue weighted by Crippen LogP contribution is -2.25. The van der Waals surface area contributed by atoms with E-state index in [4.69, 9.17) is 4.74 Å². The molecule has 0 bridgehead atoms. The van der Waals surface area contributed by atoms with Crippen molar-refractivity contribution >= 4 is 28.1 Å². The first-order chi connectivity index (χ1) is 15.1. The van der Waals surface area contributed by atoms with Crippen molar-refractivity contribution in [3.8, 4) is 27.3 Å². The molecule has 0 aliphatic rings. The van der Waals surface area contributed by atoms with Crippen LogP contribution < -0.4 is 10.9 Å². The fourth-order valence-electron chi connectivity index (χ4n) is 3.47. The average Bonchev–Trinajstić information content (AvgIpc) is 3.31. The number of nitrogens with one attached hydrogen (secondary N) is 2. The monoisotopic (exact) mass is 434 g/mol. The molecular formula is C24H22N2O4S. The summed E-state index contributed by atoms with van der Waals surface area (Å²) >= 11 is 1.40. The number of ether oxygens (including phenoxy) is 1. The average molecular weight is 435 g/mol. The number of rotatable bonds is 7. The van der Waals surface area contributed by atoms with Crippen molar-refractivity contribution < 1.29 is 14.6 Å². The number of fused-ring (bicyclic) bond motifs is 1. The second-order valence-electron chi connectivity index (χ2n) is 7.10. The minimum absolute atomic E-state index is 0.0462. The number of carbonyl (C=O) groups excluding carboxylic acids is 1. The number of hydrogen-bond donors (Lipinski definition) is 3. The number of amides is 1. The molecule has 0 fully saturated rings. The third-order valence-corrected chi connectivity index (χ3v) is 5.91. The molecule has 4 rings (SSSR count). The predicted molar refractivity (Wildman–Crippen MR) is 124 cm³/mol. The zero-order valence-corrected chi connectivity index (χ0v) is 17.8. The molecule has 7 heteroatoms. The van der Waals surface area contributed by atoms with Gasteiger partial charge in [-0.2, -0.15) is 0 Å². The van der Waals surface area contributed by atoms with Crippen LogP contribution in [0.25, 0.3) is 32.5 Å². The summed E-state index contributed by atoms with van der Waals surface area (Å²) in [5.74, 6) is -0.194. The van der Waals surface area contributed by atoms with Gasteiger partial charge >= 0.3 is 0 Å². The number of carbonyl (C=O) groups is 1. The molecular weight excluding hydrogens is 412 g/mol. The molecule has 0 unspecified atom stereocenters. The fraction of sp³-hybridized carbons (Fsp3) is 0.167. The van der Waals surface area contributed by atoms with Crippen molar-refractivity contribution in [2.45, 2.75) is 6.42 Å². The summed E-state index contributed by atoms with van der Waals surface area (Å²) in [6.45, 7) is 1.13. The molecule has 4 aromatic rings. The Kier molecular flexibility index (Phi) is 6.16. The highest BCUT2D eigenvalue weighted by Gasteiger charge is 2.15. The summed E-state index contributed by atoms with van der Waals surface area (Å²) in [7, 11) is 1.63. The maximum atomic E-state index is 12.5. The summed E-state index contributed by atoms with van der Waals surface area (Å²) < 4.78 is 5.00. The third-order valence-electron chi connectivity index (χ3n) is 5.02. The number of aromatic hydroxyl groups is 1. The van der Waals surface area contributed by atoms with Gasteiger partial charge in [-0.1, -0.05) is 24.3 Å². The summed E-state index contributed by atoms with van der Waals surface area (Å²) in [6, 6.07) is 16.4. The molecule has 0 aliphatic carbocycles. The van der Waals surface area contributed by atoms with Crippen molar-refractivity contribution in [1.82, 2.24) is 10.3 Å². The van der Waals surface area contributed by atoms with Crippen molar-refractivity contribution in [2.24, 2.45) is 0 Å². The minimum atomic E-state index is -0.327. The molecule has 2 heterocycles. The standard InChI is InChI=1S/C24H22N2O4S/c1-30-11-4-10-25-23(28)17-6-2-5-15(13-17)16-8-9-19-18(14-16)22(27)21(24(29)26-19)20-7-3-12-31-20/h2-3,5-9,12-14H,4,10-11H2,1H3,(H,25,28)(H2,26,27,29). The number of aromatic amines is 1. The molecule has 6 nitrogen and oxygen atoms in total. The van der Waals surface area contributed by atoms with E-state index in [9.17, 15) is 14.7 Å². The SMILES string of the molecule is COCCCNC(=O)c1cccc(-c2ccc3[nH]c(=O)c(-c4cccs4)c(O)c3c2)c1. The summed E-state index contributed by atoms with van der Waals surface area (Å²) in [5.41, 5.74) is 2.73. The highest BCUT2D eigenvalue weighted by Crippen LogP contribution is 2.36. The van der Waals surface area contributed by atoms with Crippen LogP contribution in [0.3, 0.4) is 0 Å². The molecule has 0 saturated heterocycles. The van der Waals surface area contributed by atoms with Crippen molar-refractivity contribution in [2.75, 3.05) is 20.3 Å². The predicted octanol–water partition coefficient (Wildman–Crippen LogP) is 4.40. The number of thiophene rings is 1. The highest BCUT2D eigenvalue weighted by molar-refractivity contribution is 7.13. The van der Waals surface area contributed by atoms with Crippen LogP contribution >= 0.6 is 11.3 Å². The van der Waals surface area contributed by atoms with Crippen LogP contribution in [0.4, 0.5) is 0 Å². The number of benzene rings is 2. The maximum absolute atomic E-state index is 12.5. The highest BCUT2D eigenvalue weighted by atomic mass is 32.1. The molecule has 2 aromatic carbocycles. The molecule has 0 spiro atoms. The lowest BCUT2D eigenvalue weighted by atomic mass is 9.99. The number of methoxy groups -OCH3 is 1. The van der Waals surface area contributed by atoms with E-state index >= 15 is 0 Å². The van der Waals surface area contributed by atoms with Crippen molar-refractivity contribution in [1.29, 1.82) is 0 Å². The van der Waals surface area contributed by atoms with Crippen LogP contribution in [-0.2, 0) is 4.74 Å². The third kappa shape index (κ3) is 4.38. The van der Waals surface area contributed by atoms with E-state index in [1.165, 1.54) is 11.3 Å². The summed E-state index contributed by atoms with van der Waals surface area (Å²) in [5, 5.41) is 16.2. The first-order valence-corrected chi connectivity index (χ1v) is 10.8. The molecule has 1 amide bonds. The Balaban J connectivity index is 1.69. The van der Waals surface area contributed by atoms with Crippen LogP contribution in [0.5, 0.6) is 5.75 Å². The van der Waals surface area contributed by atoms with Crippen LogP contribution in [0.1, 0.15) is 16.8 Å². The molecule has 158 valence electrons. The van der Waals surface area contributed by atoms with Gasteiger partial charge in [0.15, 0.2) is 0 Å². The molecule has 2 aromatic heterocycles. The van der Waals surface area contributed by atoms with Crippen LogP contribution in [0, 0.1) is 0 Å². The van der Waals surface area contributed by atoms with Gasteiger partial charge in [-0.25, -0.2) is 0 Å². The lowest BCUT2D eigenvalue weighted by Gasteiger charge is -2.10. The zero-order valence-electron chi connectivity index (χ0n) is 17.0. The first-order valence-electron chi connectivity index (χ1n) is 9.89. The maximum Gasteiger partial charge on any atom is 0.260 e. The van der Waals surface area contributed by atoms with Gasteiger partial charge in [-0.15, -0.1) is 11.3 Å². The van der Waals surface area contributed by atoms with Crippen LogP contribution in [-0.4, -0.2) is 36.3 Å². The van der Waals surface area contributed by atoms with Crippen LogP contribution in [0.2, 0.25) is 0 Å². The Morgan fingerprint density at radius 3 is 2.74 bits per heavy atom. The Labute approximate surface area is 183 Å². The smallest absolute Gasteiger partial charge is 0.260 e. The van der Waals surface area contributed by atoms with Gasteiger partial charge in [-0.3, -0.25) is 9.59 Å². The molecule has 31 heavy (non-hydrogen) atoms. The van der Waals surface area contributed by atoms with E-state index in [1.807, 2.05) is 41.8 Å². The topological polar surface area (TPSA) is 91.4 Å². The molecule has 0 aliphatic heterocycles. The van der Waals surface area contributed by atoms with Gasteiger partial charge in [-0.05, 0) is 53.3 Å². The van der Waals surface area contributed by atoms with E-state index in [-0.39, 0.29) is 22.8 Å². The van der Waals surface area contributed by atoms with Gasteiger partial charge in [0, 0.05) is 36.1 Å². The van der Waals surface area contributed by atoms with Gasteiger partial charge in [0.2, 0.25) is 0 Å². The lowest BCUT2D eigenvalue weighted by molar-refractivity contribution is 0.0948. The quantitative estimate of drug-likeness (QED) is 0.376. The van der Waals surface area contributed by atoms with E-state index in [0.29, 0.717) is 34.5 Å². The largest absolute Gasteiger partial charge is 0.506 e. The fourth-order valence-corrected chi connectivity index (χ4v) is 4.23. The van der Waals surface area contributed by atoms with Gasteiger partial charge in [0.05, 0.1) is 11.1 Å². The van der Waals surface area contributed by atoms with Gasteiger partial charge in [0.1, 0.15) is 5.75 Å². The second-order valence-corrected chi connectivity index (χ2v) is 8.05. The normalized spacial score (nSPS) is 11.0. The van der Waals surface area contributed by atoms with Crippen molar-refractivity contribution in [3.05, 3.63) is 75.9 Å². The van der Waals surface area contributed by atoms with Crippen molar-refractivity contribution in [3.63, 3.8) is 0 Å². The van der Waals surface area contributed by atoms with E-state index in [0.717, 1.165) is 17.5 Å². The summed E-state index contributed by atoms with van der Waals surface area (Å²) in [6.07, 6.45) is 0.747. The molecule has 0 atom stereocenters. The molecule has 3 N–H and O–H groups in total. The van der Waals surface area contributed by atoms with Gasteiger partial charge < -0.3 is 20.1 Å². The molecule has 0 saturated carbocycles. The zero-order chi connectivity index (χ0) is 21.8. The van der Waals surface area contributed by atoms with E-state index in [1.54, 1.807) is 25.3 Å². The Bertz CT molecular complexity index is 1280. The Hall–Kier alpha value is -3.42. The molecule has 0 radical (unpaired) electrons. The number of aromatic nitrogens is 1. The summed E-state index contributed by atoms with van der Waals surface area (Å²) in [4.78, 5) is 28.5. The van der Waals surface area contributed by atoms with E-state index < -0.39 is 0 Å². The Morgan fingerprint density at radius 2 is 1.97 bits per heavy atom. The second kappa shape index (κ2) is 9.16. The Morgan fingerprint density at radius 1 is 1.13 bits per heavy atom. The number of hydrogen-bond acceptors (Lipinski definition) is 5. The first kappa shape index (κ1) is 20.8. The minimum Gasteiger partial charge on any atom is -0.506 e. The van der Waals surface area contributed by atoms with Gasteiger partial charge in [0.25, 0.3) is 11.5 Å². The van der Waals surface area contributed by atoms with Crippen LogP contribution in [0.15, 0.2) is 64.8 Å². The number of pyridine rings is 1.